The second-order valence-electron chi connectivity index (χ2n) is 4.61. The number of rotatable bonds is 6. The summed E-state index contributed by atoms with van der Waals surface area (Å²) in [7, 11) is 0. The van der Waals surface area contributed by atoms with Crippen LogP contribution in [-0.4, -0.2) is 42.8 Å². The number of ether oxygens (including phenoxy) is 1. The number of nitrogens with one attached hydrogen (secondary N) is 1. The van der Waals surface area contributed by atoms with Crippen LogP contribution in [-0.2, 0) is 14.3 Å². The number of aliphatic hydroxyl groups is 1. The van der Waals surface area contributed by atoms with Gasteiger partial charge < -0.3 is 20.9 Å². The Labute approximate surface area is 107 Å². The molecule has 104 valence electrons. The molecule has 0 bridgehead atoms. The van der Waals surface area contributed by atoms with Crippen molar-refractivity contribution in [3.8, 4) is 0 Å². The second-order valence-corrected chi connectivity index (χ2v) is 4.61. The number of amides is 1. The lowest BCUT2D eigenvalue weighted by Crippen LogP contribution is -2.48. The number of hydrogen-bond donors (Lipinski definition) is 3. The molecule has 1 amide bonds. The Morgan fingerprint density at radius 2 is 2.11 bits per heavy atom. The predicted molar refractivity (Wildman–Crippen MR) is 65.5 cm³/mol. The van der Waals surface area contributed by atoms with Gasteiger partial charge >= 0.3 is 5.97 Å². The average Bonchev–Trinajstić information content (AvgIpc) is 2.82. The van der Waals surface area contributed by atoms with Crippen molar-refractivity contribution in [3.63, 3.8) is 0 Å². The Morgan fingerprint density at radius 3 is 2.72 bits per heavy atom. The summed E-state index contributed by atoms with van der Waals surface area (Å²) in [5, 5.41) is 11.8. The van der Waals surface area contributed by atoms with E-state index in [2.05, 4.69) is 10.1 Å². The molecule has 0 heterocycles. The molecule has 4 N–H and O–H groups in total. The summed E-state index contributed by atoms with van der Waals surface area (Å²) in [4.78, 5) is 22.9. The highest BCUT2D eigenvalue weighted by molar-refractivity contribution is 6.01. The fraction of sp³-hybridized carbons (Fsp3) is 0.833. The first kappa shape index (κ1) is 14.9. The summed E-state index contributed by atoms with van der Waals surface area (Å²) < 4.78 is 4.67. The van der Waals surface area contributed by atoms with Crippen molar-refractivity contribution in [2.24, 2.45) is 17.6 Å². The van der Waals surface area contributed by atoms with Gasteiger partial charge in [0.05, 0.1) is 6.61 Å². The quantitative estimate of drug-likeness (QED) is 0.436. The molecule has 3 unspecified atom stereocenters. The molecule has 0 saturated heterocycles. The van der Waals surface area contributed by atoms with Crippen LogP contribution in [0.4, 0.5) is 0 Å². The number of carbonyl (C=O) groups is 2. The maximum Gasteiger partial charge on any atom is 0.332 e. The fourth-order valence-electron chi connectivity index (χ4n) is 2.30. The lowest BCUT2D eigenvalue weighted by atomic mass is 9.97. The van der Waals surface area contributed by atoms with Gasteiger partial charge in [-0.25, -0.2) is 4.79 Å². The first-order valence-electron chi connectivity index (χ1n) is 6.40. The van der Waals surface area contributed by atoms with Gasteiger partial charge in [0.1, 0.15) is 0 Å². The van der Waals surface area contributed by atoms with E-state index < -0.39 is 17.9 Å². The largest absolute Gasteiger partial charge is 0.464 e. The standard InChI is InChI=1S/C12H22N2O4/c1-2-18-12(17)10(13)11(16)14-6-8-4-3-5-9(8)7-15/h8-10,15H,2-7,13H2,1H3,(H,14,16). The summed E-state index contributed by atoms with van der Waals surface area (Å²) in [5.41, 5.74) is 5.46. The highest BCUT2D eigenvalue weighted by atomic mass is 16.5. The number of carbonyl (C=O) groups excluding carboxylic acids is 2. The van der Waals surface area contributed by atoms with Crippen LogP contribution in [0.25, 0.3) is 0 Å². The van der Waals surface area contributed by atoms with Crippen LogP contribution in [0.5, 0.6) is 0 Å². The Balaban J connectivity index is 2.34. The number of hydrogen-bond acceptors (Lipinski definition) is 5. The third-order valence-electron chi connectivity index (χ3n) is 3.41. The van der Waals surface area contributed by atoms with E-state index in [0.29, 0.717) is 6.54 Å². The summed E-state index contributed by atoms with van der Waals surface area (Å²) in [6.07, 6.45) is 3.04. The molecule has 1 aliphatic carbocycles. The molecule has 1 fully saturated rings. The van der Waals surface area contributed by atoms with Crippen LogP contribution in [0.1, 0.15) is 26.2 Å². The van der Waals surface area contributed by atoms with Gasteiger partial charge in [0.25, 0.3) is 0 Å². The summed E-state index contributed by atoms with van der Waals surface area (Å²) in [6, 6.07) is -1.26. The van der Waals surface area contributed by atoms with Gasteiger partial charge in [0, 0.05) is 13.2 Å². The zero-order chi connectivity index (χ0) is 13.5. The minimum absolute atomic E-state index is 0.143. The molecule has 3 atom stereocenters. The van der Waals surface area contributed by atoms with E-state index in [0.717, 1.165) is 19.3 Å². The maximum atomic E-state index is 11.6. The van der Waals surface area contributed by atoms with Gasteiger partial charge in [-0.2, -0.15) is 0 Å². The molecular formula is C12H22N2O4. The van der Waals surface area contributed by atoms with E-state index in [9.17, 15) is 9.59 Å². The Kier molecular flexibility index (Phi) is 6.07. The summed E-state index contributed by atoms with van der Waals surface area (Å²) in [6.45, 7) is 2.46. The molecule has 6 heteroatoms. The average molecular weight is 258 g/mol. The molecule has 0 aromatic carbocycles. The molecule has 18 heavy (non-hydrogen) atoms. The van der Waals surface area contributed by atoms with Crippen LogP contribution in [0, 0.1) is 11.8 Å². The number of esters is 1. The molecule has 0 radical (unpaired) electrons. The molecule has 1 saturated carbocycles. The molecule has 0 aromatic rings. The van der Waals surface area contributed by atoms with Crippen molar-refractivity contribution in [1.29, 1.82) is 0 Å². The zero-order valence-corrected chi connectivity index (χ0v) is 10.7. The Bertz CT molecular complexity index is 296. The summed E-state index contributed by atoms with van der Waals surface area (Å²) >= 11 is 0. The van der Waals surface area contributed by atoms with Crippen LogP contribution in [0.3, 0.4) is 0 Å². The smallest absolute Gasteiger partial charge is 0.332 e. The second kappa shape index (κ2) is 7.33. The highest BCUT2D eigenvalue weighted by Crippen LogP contribution is 2.30. The molecule has 6 nitrogen and oxygen atoms in total. The SMILES string of the molecule is CCOC(=O)C(N)C(=O)NCC1CCCC1CO. The first-order chi connectivity index (χ1) is 8.60. The van der Waals surface area contributed by atoms with E-state index >= 15 is 0 Å². The van der Waals surface area contributed by atoms with E-state index in [-0.39, 0.29) is 25.0 Å². The molecule has 0 spiro atoms. The van der Waals surface area contributed by atoms with Crippen molar-refractivity contribution in [2.75, 3.05) is 19.8 Å². The fourth-order valence-corrected chi connectivity index (χ4v) is 2.30. The maximum absolute atomic E-state index is 11.6. The lowest BCUT2D eigenvalue weighted by molar-refractivity contribution is -0.148. The van der Waals surface area contributed by atoms with Gasteiger partial charge in [0.2, 0.25) is 5.91 Å². The number of aliphatic hydroxyl groups excluding tert-OH is 1. The van der Waals surface area contributed by atoms with E-state index in [1.807, 2.05) is 0 Å². The minimum Gasteiger partial charge on any atom is -0.464 e. The van der Waals surface area contributed by atoms with Crippen LogP contribution in [0.2, 0.25) is 0 Å². The third kappa shape index (κ3) is 3.96. The Hall–Kier alpha value is -1.14. The molecule has 1 aliphatic rings. The van der Waals surface area contributed by atoms with Gasteiger partial charge in [-0.1, -0.05) is 6.42 Å². The summed E-state index contributed by atoms with van der Waals surface area (Å²) in [5.74, 6) is -0.713. The van der Waals surface area contributed by atoms with Gasteiger partial charge in [-0.05, 0) is 31.6 Å². The van der Waals surface area contributed by atoms with E-state index in [4.69, 9.17) is 10.8 Å². The van der Waals surface area contributed by atoms with Crippen LogP contribution >= 0.6 is 0 Å². The predicted octanol–water partition coefficient (Wildman–Crippen LogP) is -0.598. The van der Waals surface area contributed by atoms with Crippen LogP contribution in [0.15, 0.2) is 0 Å². The van der Waals surface area contributed by atoms with Crippen molar-refractivity contribution >= 4 is 11.9 Å². The lowest BCUT2D eigenvalue weighted by Gasteiger charge is -2.19. The third-order valence-corrected chi connectivity index (χ3v) is 3.41. The van der Waals surface area contributed by atoms with Crippen LogP contribution < -0.4 is 11.1 Å². The first-order valence-corrected chi connectivity index (χ1v) is 6.40. The topological polar surface area (TPSA) is 102 Å². The van der Waals surface area contributed by atoms with Crippen molar-refractivity contribution < 1.29 is 19.4 Å². The Morgan fingerprint density at radius 1 is 1.44 bits per heavy atom. The normalized spacial score (nSPS) is 24.6. The van der Waals surface area contributed by atoms with E-state index in [1.165, 1.54) is 0 Å². The molecule has 0 aromatic heterocycles. The van der Waals surface area contributed by atoms with E-state index in [1.54, 1.807) is 6.92 Å². The monoisotopic (exact) mass is 258 g/mol. The molecule has 0 aliphatic heterocycles. The zero-order valence-electron chi connectivity index (χ0n) is 10.7. The molecular weight excluding hydrogens is 236 g/mol. The van der Waals surface area contributed by atoms with Gasteiger partial charge in [-0.15, -0.1) is 0 Å². The van der Waals surface area contributed by atoms with Gasteiger partial charge in [-0.3, -0.25) is 4.79 Å². The van der Waals surface area contributed by atoms with Crippen molar-refractivity contribution in [2.45, 2.75) is 32.2 Å². The van der Waals surface area contributed by atoms with Gasteiger partial charge in [0.15, 0.2) is 6.04 Å². The molecule has 1 rings (SSSR count). The number of nitrogens with two attached hydrogens (primary N) is 1. The van der Waals surface area contributed by atoms with Crippen molar-refractivity contribution in [1.82, 2.24) is 5.32 Å². The minimum atomic E-state index is -1.26. The highest BCUT2D eigenvalue weighted by Gasteiger charge is 2.29. The van der Waals surface area contributed by atoms with Crippen molar-refractivity contribution in [3.05, 3.63) is 0 Å².